The summed E-state index contributed by atoms with van der Waals surface area (Å²) in [5, 5.41) is 1.91. The maximum Gasteiger partial charge on any atom is 0.342 e. The Morgan fingerprint density at radius 2 is 1.93 bits per heavy atom. The molecule has 0 unspecified atom stereocenters. The molecule has 162 valence electrons. The van der Waals surface area contributed by atoms with Crippen molar-refractivity contribution in [3.05, 3.63) is 27.7 Å². The van der Waals surface area contributed by atoms with Gasteiger partial charge in [0.25, 0.3) is 0 Å². The van der Waals surface area contributed by atoms with Gasteiger partial charge in [-0.2, -0.15) is 10.1 Å². The molecule has 1 aromatic carbocycles. The third-order valence-electron chi connectivity index (χ3n) is 3.58. The highest BCUT2D eigenvalue weighted by Gasteiger charge is 2.33. The molecule has 0 amide bonds. The summed E-state index contributed by atoms with van der Waals surface area (Å²) in [5.41, 5.74) is 10.8. The van der Waals surface area contributed by atoms with Crippen molar-refractivity contribution in [2.24, 2.45) is 21.5 Å². The number of halogens is 3. The number of nitrogens with two attached hydrogens (primary N) is 2. The Hall–Kier alpha value is -1.75. The van der Waals surface area contributed by atoms with Gasteiger partial charge < -0.3 is 20.9 Å². The van der Waals surface area contributed by atoms with Crippen LogP contribution in [0.1, 0.15) is 37.6 Å². The van der Waals surface area contributed by atoms with Gasteiger partial charge in [0.15, 0.2) is 11.4 Å². The summed E-state index contributed by atoms with van der Waals surface area (Å²) < 4.78 is 10.7. The van der Waals surface area contributed by atoms with Crippen LogP contribution >= 0.6 is 40.2 Å². The van der Waals surface area contributed by atoms with Crippen LogP contribution in [0.5, 0.6) is 5.75 Å². The van der Waals surface area contributed by atoms with Crippen molar-refractivity contribution in [1.82, 2.24) is 5.06 Å². The SMILES string of the molecule is Br.CCOC(=O)c1cc(Cl)cc(Cl)c1OCCCON1C(N)=NC(N)=NC1(C)C. The molecule has 1 aliphatic rings. The van der Waals surface area contributed by atoms with Crippen molar-refractivity contribution in [1.29, 1.82) is 0 Å². The van der Waals surface area contributed by atoms with E-state index >= 15 is 0 Å². The molecule has 1 aliphatic heterocycles. The standard InChI is InChI=1S/C17H23Cl2N5O4.BrH/c1-4-26-14(25)11-8-10(18)9-12(19)13(11)27-6-5-7-28-24-16(21)22-15(20)23-17(24,2)3;/h8-9H,4-7H2,1-3H3,(H4,20,21,22,23);1H. The molecular weight excluding hydrogens is 489 g/mol. The van der Waals surface area contributed by atoms with E-state index in [1.54, 1.807) is 20.8 Å². The Balaban J connectivity index is 0.00000420. The molecule has 0 aliphatic carbocycles. The first-order valence-electron chi connectivity index (χ1n) is 8.57. The number of esters is 1. The van der Waals surface area contributed by atoms with Crippen molar-refractivity contribution >= 4 is 58.1 Å². The number of carbonyl (C=O) groups excluding carboxylic acids is 1. The molecule has 29 heavy (non-hydrogen) atoms. The average molecular weight is 513 g/mol. The molecule has 0 spiro atoms. The lowest BCUT2D eigenvalue weighted by atomic mass is 10.2. The first kappa shape index (κ1) is 25.3. The van der Waals surface area contributed by atoms with Crippen molar-refractivity contribution in [3.8, 4) is 5.75 Å². The van der Waals surface area contributed by atoms with Crippen LogP contribution in [-0.2, 0) is 9.57 Å². The highest BCUT2D eigenvalue weighted by Crippen LogP contribution is 2.33. The van der Waals surface area contributed by atoms with Gasteiger partial charge in [0.2, 0.25) is 11.9 Å². The second kappa shape index (κ2) is 10.9. The number of benzene rings is 1. The van der Waals surface area contributed by atoms with Gasteiger partial charge in [-0.15, -0.1) is 17.0 Å². The van der Waals surface area contributed by atoms with E-state index in [4.69, 9.17) is 49.0 Å². The molecule has 0 bridgehead atoms. The average Bonchev–Trinajstić information content (AvgIpc) is 2.57. The summed E-state index contributed by atoms with van der Waals surface area (Å²) in [6.07, 6.45) is 0.472. The van der Waals surface area contributed by atoms with Gasteiger partial charge in [-0.25, -0.2) is 9.79 Å². The van der Waals surface area contributed by atoms with E-state index in [1.165, 1.54) is 17.2 Å². The van der Waals surface area contributed by atoms with E-state index in [0.29, 0.717) is 11.4 Å². The fourth-order valence-corrected chi connectivity index (χ4v) is 3.02. The molecule has 2 rings (SSSR count). The van der Waals surface area contributed by atoms with Gasteiger partial charge in [-0.1, -0.05) is 23.2 Å². The third-order valence-corrected chi connectivity index (χ3v) is 4.08. The lowest BCUT2D eigenvalue weighted by molar-refractivity contribution is -0.158. The zero-order chi connectivity index (χ0) is 20.9. The van der Waals surface area contributed by atoms with Gasteiger partial charge in [0.1, 0.15) is 5.56 Å². The van der Waals surface area contributed by atoms with E-state index in [0.717, 1.165) is 0 Å². The second-order valence-corrected chi connectivity index (χ2v) is 7.09. The fourth-order valence-electron chi connectivity index (χ4n) is 2.47. The quantitative estimate of drug-likeness (QED) is 0.404. The second-order valence-electron chi connectivity index (χ2n) is 6.25. The number of guanidine groups is 2. The molecule has 1 heterocycles. The van der Waals surface area contributed by atoms with Crippen molar-refractivity contribution in [2.75, 3.05) is 19.8 Å². The molecule has 0 aromatic heterocycles. The number of hydrogen-bond donors (Lipinski definition) is 2. The summed E-state index contributed by atoms with van der Waals surface area (Å²) in [7, 11) is 0. The normalized spacial score (nSPS) is 15.1. The molecule has 0 radical (unpaired) electrons. The molecular formula is C17H24BrCl2N5O4. The number of hydroxylamine groups is 2. The highest BCUT2D eigenvalue weighted by molar-refractivity contribution is 8.93. The molecule has 0 saturated carbocycles. The number of rotatable bonds is 8. The number of nitrogens with zero attached hydrogens (tertiary/aromatic N) is 3. The molecule has 0 atom stereocenters. The summed E-state index contributed by atoms with van der Waals surface area (Å²) in [5.74, 6) is -0.146. The number of ether oxygens (including phenoxy) is 2. The lowest BCUT2D eigenvalue weighted by Crippen LogP contribution is -2.53. The molecule has 4 N–H and O–H groups in total. The zero-order valence-electron chi connectivity index (χ0n) is 16.3. The van der Waals surface area contributed by atoms with E-state index in [9.17, 15) is 4.79 Å². The van der Waals surface area contributed by atoms with Crippen LogP contribution in [-0.4, -0.2) is 48.4 Å². The largest absolute Gasteiger partial charge is 0.491 e. The van der Waals surface area contributed by atoms with Crippen molar-refractivity contribution < 1.29 is 19.1 Å². The zero-order valence-corrected chi connectivity index (χ0v) is 19.5. The Kier molecular flexibility index (Phi) is 9.47. The molecule has 0 saturated heterocycles. The van der Waals surface area contributed by atoms with E-state index < -0.39 is 11.6 Å². The van der Waals surface area contributed by atoms with Crippen LogP contribution in [0.2, 0.25) is 10.0 Å². The predicted molar refractivity (Wildman–Crippen MR) is 118 cm³/mol. The smallest absolute Gasteiger partial charge is 0.342 e. The molecule has 1 aromatic rings. The van der Waals surface area contributed by atoms with Gasteiger partial charge in [-0.05, 0) is 32.9 Å². The van der Waals surface area contributed by atoms with Crippen LogP contribution in [0, 0.1) is 0 Å². The minimum Gasteiger partial charge on any atom is -0.491 e. The Bertz CT molecular complexity index is 804. The van der Waals surface area contributed by atoms with Crippen molar-refractivity contribution in [2.45, 2.75) is 32.9 Å². The summed E-state index contributed by atoms with van der Waals surface area (Å²) in [6.45, 7) is 5.99. The third kappa shape index (κ3) is 6.63. The monoisotopic (exact) mass is 511 g/mol. The minimum absolute atomic E-state index is 0. The van der Waals surface area contributed by atoms with Gasteiger partial charge >= 0.3 is 5.97 Å². The number of carbonyl (C=O) groups is 1. The number of aliphatic imine (C=N–C) groups is 2. The van der Waals surface area contributed by atoms with Gasteiger partial charge in [0, 0.05) is 11.4 Å². The maximum atomic E-state index is 12.1. The number of hydrogen-bond acceptors (Lipinski definition) is 9. The summed E-state index contributed by atoms with van der Waals surface area (Å²) in [6, 6.07) is 2.95. The van der Waals surface area contributed by atoms with Gasteiger partial charge in [0.05, 0.1) is 24.8 Å². The van der Waals surface area contributed by atoms with Crippen molar-refractivity contribution in [3.63, 3.8) is 0 Å². The fraction of sp³-hybridized carbons (Fsp3) is 0.471. The first-order valence-corrected chi connectivity index (χ1v) is 9.33. The van der Waals surface area contributed by atoms with Gasteiger partial charge in [-0.3, -0.25) is 4.84 Å². The van der Waals surface area contributed by atoms with E-state index in [1.807, 2.05) is 0 Å². The Labute approximate surface area is 189 Å². The van der Waals surface area contributed by atoms with E-state index in [-0.39, 0.29) is 65.1 Å². The van der Waals surface area contributed by atoms with Crippen LogP contribution in [0.25, 0.3) is 0 Å². The molecule has 0 fully saturated rings. The van der Waals surface area contributed by atoms with Crippen LogP contribution in [0.4, 0.5) is 0 Å². The minimum atomic E-state index is -0.784. The molecule has 12 heteroatoms. The Morgan fingerprint density at radius 3 is 2.55 bits per heavy atom. The van der Waals surface area contributed by atoms with E-state index in [2.05, 4.69) is 9.98 Å². The highest BCUT2D eigenvalue weighted by atomic mass is 79.9. The predicted octanol–water partition coefficient (Wildman–Crippen LogP) is 3.13. The maximum absolute atomic E-state index is 12.1. The first-order chi connectivity index (χ1) is 13.2. The lowest BCUT2D eigenvalue weighted by Gasteiger charge is -2.36. The summed E-state index contributed by atoms with van der Waals surface area (Å²) >= 11 is 12.1. The summed E-state index contributed by atoms with van der Waals surface area (Å²) in [4.78, 5) is 25.8. The topological polar surface area (TPSA) is 125 Å². The Morgan fingerprint density at radius 1 is 1.24 bits per heavy atom. The van der Waals surface area contributed by atoms with Crippen LogP contribution in [0.3, 0.4) is 0 Å². The van der Waals surface area contributed by atoms with Crippen LogP contribution in [0.15, 0.2) is 22.1 Å². The van der Waals surface area contributed by atoms with Crippen LogP contribution < -0.4 is 16.2 Å². The molecule has 9 nitrogen and oxygen atoms in total.